The predicted molar refractivity (Wildman–Crippen MR) is 96.3 cm³/mol. The van der Waals surface area contributed by atoms with Crippen molar-refractivity contribution in [2.24, 2.45) is 0 Å². The second-order valence-electron chi connectivity index (χ2n) is 6.04. The zero-order valence-corrected chi connectivity index (χ0v) is 15.9. The van der Waals surface area contributed by atoms with E-state index in [9.17, 15) is 16.8 Å². The van der Waals surface area contributed by atoms with Crippen LogP contribution in [0.3, 0.4) is 0 Å². The number of benzene rings is 1. The molecule has 0 amide bonds. The van der Waals surface area contributed by atoms with Crippen LogP contribution in [0.1, 0.15) is 23.8 Å². The SMILES string of the molecule is CS(=O)(=O)c1ccc(N2CCC[C@H]2c2cccs2)c(S(C)(=O)=O)c1. The van der Waals surface area contributed by atoms with Crippen LogP contribution < -0.4 is 4.90 Å². The monoisotopic (exact) mass is 385 g/mol. The van der Waals surface area contributed by atoms with Crippen molar-refractivity contribution in [3.8, 4) is 0 Å². The normalized spacial score (nSPS) is 18.9. The molecule has 24 heavy (non-hydrogen) atoms. The highest BCUT2D eigenvalue weighted by atomic mass is 32.2. The first kappa shape index (κ1) is 17.4. The zero-order chi connectivity index (χ0) is 17.5. The van der Waals surface area contributed by atoms with Crippen molar-refractivity contribution < 1.29 is 16.8 Å². The minimum absolute atomic E-state index is 0.0264. The van der Waals surface area contributed by atoms with Gasteiger partial charge in [0.1, 0.15) is 0 Å². The average molecular weight is 386 g/mol. The van der Waals surface area contributed by atoms with Gasteiger partial charge in [0.2, 0.25) is 0 Å². The van der Waals surface area contributed by atoms with Gasteiger partial charge >= 0.3 is 0 Å². The molecule has 0 spiro atoms. The first-order chi connectivity index (χ1) is 11.2. The van der Waals surface area contributed by atoms with Crippen LogP contribution in [0.4, 0.5) is 5.69 Å². The Hall–Kier alpha value is -1.38. The fourth-order valence-corrected chi connectivity index (χ4v) is 5.59. The fourth-order valence-electron chi connectivity index (χ4n) is 3.09. The molecule has 8 heteroatoms. The summed E-state index contributed by atoms with van der Waals surface area (Å²) in [6, 6.07) is 8.57. The van der Waals surface area contributed by atoms with E-state index in [0.29, 0.717) is 5.69 Å². The fraction of sp³-hybridized carbons (Fsp3) is 0.375. The van der Waals surface area contributed by atoms with E-state index in [1.807, 2.05) is 11.4 Å². The second kappa shape index (κ2) is 6.16. The highest BCUT2D eigenvalue weighted by Gasteiger charge is 2.31. The van der Waals surface area contributed by atoms with Crippen LogP contribution >= 0.6 is 11.3 Å². The third kappa shape index (κ3) is 3.36. The maximum absolute atomic E-state index is 12.3. The minimum Gasteiger partial charge on any atom is -0.363 e. The Kier molecular flexibility index (Phi) is 4.48. The molecule has 2 heterocycles. The summed E-state index contributed by atoms with van der Waals surface area (Å²) in [5, 5.41) is 2.01. The molecule has 1 aliphatic heterocycles. The van der Waals surface area contributed by atoms with Crippen LogP contribution in [0, 0.1) is 0 Å². The third-order valence-corrected chi connectivity index (χ3v) is 7.40. The van der Waals surface area contributed by atoms with Crippen LogP contribution in [0.25, 0.3) is 0 Å². The van der Waals surface area contributed by atoms with Crippen molar-refractivity contribution in [2.75, 3.05) is 24.0 Å². The number of hydrogen-bond donors (Lipinski definition) is 0. The molecule has 1 aromatic carbocycles. The van der Waals surface area contributed by atoms with Crippen LogP contribution in [-0.4, -0.2) is 35.9 Å². The standard InChI is InChI=1S/C16H19NO4S3/c1-23(18,19)12-7-8-14(16(11-12)24(2,20)21)17-9-3-5-13(17)15-6-4-10-22-15/h4,6-8,10-11,13H,3,5,9H2,1-2H3/t13-/m0/s1. The molecule has 0 radical (unpaired) electrons. The first-order valence-electron chi connectivity index (χ1n) is 7.52. The molecule has 1 fully saturated rings. The Balaban J connectivity index is 2.14. The largest absolute Gasteiger partial charge is 0.363 e. The number of sulfone groups is 2. The van der Waals surface area contributed by atoms with Crippen LogP contribution in [0.15, 0.2) is 45.5 Å². The molecule has 0 unspecified atom stereocenters. The third-order valence-electron chi connectivity index (χ3n) is 4.19. The molecule has 1 saturated heterocycles. The van der Waals surface area contributed by atoms with E-state index in [-0.39, 0.29) is 15.8 Å². The lowest BCUT2D eigenvalue weighted by Crippen LogP contribution is -2.24. The van der Waals surface area contributed by atoms with Gasteiger partial charge in [-0.1, -0.05) is 6.07 Å². The summed E-state index contributed by atoms with van der Waals surface area (Å²) in [4.78, 5) is 3.38. The number of nitrogens with zero attached hydrogens (tertiary/aromatic N) is 1. The second-order valence-corrected chi connectivity index (χ2v) is 11.0. The topological polar surface area (TPSA) is 71.5 Å². The summed E-state index contributed by atoms with van der Waals surface area (Å²) >= 11 is 1.65. The summed E-state index contributed by atoms with van der Waals surface area (Å²) in [5.74, 6) is 0. The van der Waals surface area contributed by atoms with E-state index in [2.05, 4.69) is 11.0 Å². The summed E-state index contributed by atoms with van der Waals surface area (Å²) in [7, 11) is -7.01. The molecule has 0 saturated carbocycles. The van der Waals surface area contributed by atoms with Gasteiger partial charge in [0.05, 0.1) is 21.5 Å². The Morgan fingerprint density at radius 3 is 2.42 bits per heavy atom. The van der Waals surface area contributed by atoms with Gasteiger partial charge in [-0.3, -0.25) is 0 Å². The van der Waals surface area contributed by atoms with E-state index >= 15 is 0 Å². The lowest BCUT2D eigenvalue weighted by Gasteiger charge is -2.28. The van der Waals surface area contributed by atoms with Crippen molar-refractivity contribution >= 4 is 36.7 Å². The number of rotatable bonds is 4. The van der Waals surface area contributed by atoms with Crippen molar-refractivity contribution in [2.45, 2.75) is 28.7 Å². The molecule has 1 aliphatic rings. The van der Waals surface area contributed by atoms with Gasteiger partial charge in [-0.05, 0) is 42.5 Å². The molecule has 3 rings (SSSR count). The van der Waals surface area contributed by atoms with Gasteiger partial charge in [-0.25, -0.2) is 16.8 Å². The minimum atomic E-state index is -3.55. The Labute approximate surface area is 146 Å². The Morgan fingerprint density at radius 1 is 1.08 bits per heavy atom. The highest BCUT2D eigenvalue weighted by molar-refractivity contribution is 7.91. The van der Waals surface area contributed by atoms with Gasteiger partial charge in [0.25, 0.3) is 0 Å². The van der Waals surface area contributed by atoms with Crippen LogP contribution in [0.5, 0.6) is 0 Å². The maximum atomic E-state index is 12.3. The van der Waals surface area contributed by atoms with E-state index in [1.165, 1.54) is 17.0 Å². The molecule has 0 bridgehead atoms. The highest BCUT2D eigenvalue weighted by Crippen LogP contribution is 2.41. The van der Waals surface area contributed by atoms with E-state index in [4.69, 9.17) is 0 Å². The molecule has 0 aliphatic carbocycles. The summed E-state index contributed by atoms with van der Waals surface area (Å²) in [6.45, 7) is 0.753. The van der Waals surface area contributed by atoms with Crippen molar-refractivity contribution in [1.82, 2.24) is 0 Å². The van der Waals surface area contributed by atoms with Gasteiger partial charge in [0.15, 0.2) is 19.7 Å². The average Bonchev–Trinajstić information content (AvgIpc) is 3.15. The molecular formula is C16H19NO4S3. The lowest BCUT2D eigenvalue weighted by atomic mass is 10.1. The van der Waals surface area contributed by atoms with Gasteiger partial charge in [0, 0.05) is 23.9 Å². The summed E-state index contributed by atoms with van der Waals surface area (Å²) < 4.78 is 48.1. The zero-order valence-electron chi connectivity index (χ0n) is 13.5. The summed E-state index contributed by atoms with van der Waals surface area (Å²) in [6.07, 6.45) is 4.13. The van der Waals surface area contributed by atoms with Gasteiger partial charge < -0.3 is 4.90 Å². The molecule has 1 aromatic heterocycles. The molecule has 1 atom stereocenters. The smallest absolute Gasteiger partial charge is 0.177 e. The van der Waals surface area contributed by atoms with E-state index in [1.54, 1.807) is 17.4 Å². The van der Waals surface area contributed by atoms with Crippen LogP contribution in [0.2, 0.25) is 0 Å². The molecular weight excluding hydrogens is 366 g/mol. The molecule has 130 valence electrons. The van der Waals surface area contributed by atoms with Gasteiger partial charge in [-0.2, -0.15) is 0 Å². The van der Waals surface area contributed by atoms with E-state index in [0.717, 1.165) is 31.9 Å². The van der Waals surface area contributed by atoms with Crippen LogP contribution in [-0.2, 0) is 19.7 Å². The number of hydrogen-bond acceptors (Lipinski definition) is 6. The molecule has 5 nitrogen and oxygen atoms in total. The Morgan fingerprint density at radius 2 is 1.83 bits per heavy atom. The van der Waals surface area contributed by atoms with Crippen molar-refractivity contribution in [3.63, 3.8) is 0 Å². The predicted octanol–water partition coefficient (Wildman–Crippen LogP) is 2.90. The maximum Gasteiger partial charge on any atom is 0.177 e. The molecule has 2 aromatic rings. The lowest BCUT2D eigenvalue weighted by molar-refractivity contribution is 0.599. The number of anilines is 1. The van der Waals surface area contributed by atoms with Gasteiger partial charge in [-0.15, -0.1) is 11.3 Å². The first-order valence-corrected chi connectivity index (χ1v) is 12.2. The van der Waals surface area contributed by atoms with Crippen molar-refractivity contribution in [3.05, 3.63) is 40.6 Å². The van der Waals surface area contributed by atoms with Crippen molar-refractivity contribution in [1.29, 1.82) is 0 Å². The van der Waals surface area contributed by atoms with E-state index < -0.39 is 19.7 Å². The Bertz CT molecular complexity index is 947. The molecule has 0 N–H and O–H groups in total. The summed E-state index contributed by atoms with van der Waals surface area (Å²) in [5.41, 5.74) is 0.584. The quantitative estimate of drug-likeness (QED) is 0.809. The number of thiophene rings is 1.